The van der Waals surface area contributed by atoms with Gasteiger partial charge in [0.15, 0.2) is 0 Å². The van der Waals surface area contributed by atoms with E-state index in [1.807, 2.05) is 20.9 Å². The number of rotatable bonds is 6. The van der Waals surface area contributed by atoms with Gasteiger partial charge in [-0.2, -0.15) is 0 Å². The molecule has 0 radical (unpaired) electrons. The summed E-state index contributed by atoms with van der Waals surface area (Å²) < 4.78 is 0. The third-order valence-electron chi connectivity index (χ3n) is 3.53. The van der Waals surface area contributed by atoms with Crippen LogP contribution >= 0.6 is 0 Å². The monoisotopic (exact) mass is 379 g/mol. The van der Waals surface area contributed by atoms with Crippen molar-refractivity contribution in [3.63, 3.8) is 0 Å². The number of amides is 1. The number of aldehydes is 1. The van der Waals surface area contributed by atoms with Crippen LogP contribution in [0.15, 0.2) is 12.4 Å². The molecule has 1 aliphatic rings. The summed E-state index contributed by atoms with van der Waals surface area (Å²) in [6, 6.07) is 0. The smallest absolute Gasteiger partial charge is 0.225 e. The van der Waals surface area contributed by atoms with Crippen molar-refractivity contribution >= 4 is 24.3 Å². The van der Waals surface area contributed by atoms with E-state index in [1.54, 1.807) is 12.4 Å². The lowest BCUT2D eigenvalue weighted by molar-refractivity contribution is -0.110. The largest absolute Gasteiger partial charge is 0.341 e. The number of hydrogen-bond acceptors (Lipinski definition) is 6. The highest BCUT2D eigenvalue weighted by molar-refractivity contribution is 5.70. The van der Waals surface area contributed by atoms with Gasteiger partial charge in [0.05, 0.1) is 18.1 Å². The molecule has 0 saturated carbocycles. The SMILES string of the molecule is CC(C)C.CC(C)C=O.CNCC1CCN(c2ncc(NC=O)cn2)CC1. The first-order chi connectivity index (χ1) is 12.8. The molecule has 7 heteroatoms. The molecule has 154 valence electrons. The highest BCUT2D eigenvalue weighted by Crippen LogP contribution is 2.20. The van der Waals surface area contributed by atoms with E-state index in [2.05, 4.69) is 46.3 Å². The second-order valence-corrected chi connectivity index (χ2v) is 7.63. The Morgan fingerprint density at radius 2 is 1.59 bits per heavy atom. The minimum Gasteiger partial charge on any atom is -0.341 e. The lowest BCUT2D eigenvalue weighted by Gasteiger charge is -2.31. The number of carbonyl (C=O) groups is 2. The fraction of sp³-hybridized carbons (Fsp3) is 0.700. The Balaban J connectivity index is 0.000000630. The van der Waals surface area contributed by atoms with Gasteiger partial charge < -0.3 is 20.3 Å². The summed E-state index contributed by atoms with van der Waals surface area (Å²) in [5, 5.41) is 5.75. The molecule has 2 rings (SSSR count). The van der Waals surface area contributed by atoms with Crippen molar-refractivity contribution in [2.24, 2.45) is 17.8 Å². The van der Waals surface area contributed by atoms with Gasteiger partial charge in [-0.15, -0.1) is 0 Å². The molecule has 2 heterocycles. The molecule has 0 bridgehead atoms. The maximum atomic E-state index is 10.3. The fourth-order valence-electron chi connectivity index (χ4n) is 2.25. The lowest BCUT2D eigenvalue weighted by atomic mass is 9.97. The Morgan fingerprint density at radius 3 is 1.96 bits per heavy atom. The van der Waals surface area contributed by atoms with Crippen molar-refractivity contribution < 1.29 is 9.59 Å². The van der Waals surface area contributed by atoms with E-state index in [0.29, 0.717) is 12.1 Å². The van der Waals surface area contributed by atoms with E-state index in [9.17, 15) is 9.59 Å². The summed E-state index contributed by atoms with van der Waals surface area (Å²) in [6.45, 7) is 13.3. The standard InChI is InChI=1S/C12H19N5O.C4H8O.C4H10/c1-13-6-10-2-4-17(5-3-10)12-14-7-11(8-15-12)16-9-18;1-4(2)3-5;1-4(2)3/h7-10,13H,2-6H2,1H3,(H,16,18);3-4H,1-2H3;4H,1-3H3. The van der Waals surface area contributed by atoms with Gasteiger partial charge >= 0.3 is 0 Å². The minimum atomic E-state index is 0.204. The Hall–Kier alpha value is -2.02. The van der Waals surface area contributed by atoms with Crippen LogP contribution in [0.3, 0.4) is 0 Å². The first-order valence-corrected chi connectivity index (χ1v) is 9.71. The summed E-state index contributed by atoms with van der Waals surface area (Å²) in [6.07, 6.45) is 7.14. The highest BCUT2D eigenvalue weighted by Gasteiger charge is 2.20. The van der Waals surface area contributed by atoms with E-state index in [4.69, 9.17) is 0 Å². The number of piperidine rings is 1. The van der Waals surface area contributed by atoms with E-state index < -0.39 is 0 Å². The zero-order chi connectivity index (χ0) is 20.7. The van der Waals surface area contributed by atoms with Gasteiger partial charge in [-0.3, -0.25) is 4.79 Å². The number of nitrogens with one attached hydrogen (secondary N) is 2. The number of hydrogen-bond donors (Lipinski definition) is 2. The molecule has 1 aromatic heterocycles. The Bertz CT molecular complexity index is 495. The van der Waals surface area contributed by atoms with Gasteiger partial charge in [0.2, 0.25) is 12.4 Å². The predicted molar refractivity (Wildman–Crippen MR) is 112 cm³/mol. The summed E-state index contributed by atoms with van der Waals surface area (Å²) in [7, 11) is 1.99. The van der Waals surface area contributed by atoms with Gasteiger partial charge in [0.25, 0.3) is 0 Å². The summed E-state index contributed by atoms with van der Waals surface area (Å²) in [5.41, 5.74) is 0.624. The molecule has 1 fully saturated rings. The fourth-order valence-corrected chi connectivity index (χ4v) is 2.25. The lowest BCUT2D eigenvalue weighted by Crippen LogP contribution is -2.37. The molecule has 0 aliphatic carbocycles. The maximum Gasteiger partial charge on any atom is 0.225 e. The van der Waals surface area contributed by atoms with Crippen LogP contribution < -0.4 is 15.5 Å². The van der Waals surface area contributed by atoms with Crippen LogP contribution in [0.2, 0.25) is 0 Å². The number of anilines is 2. The zero-order valence-electron chi connectivity index (χ0n) is 17.7. The van der Waals surface area contributed by atoms with Gasteiger partial charge in [-0.1, -0.05) is 34.6 Å². The minimum absolute atomic E-state index is 0.204. The summed E-state index contributed by atoms with van der Waals surface area (Å²) >= 11 is 0. The van der Waals surface area contributed by atoms with E-state index in [0.717, 1.165) is 43.7 Å². The van der Waals surface area contributed by atoms with Gasteiger partial charge in [-0.25, -0.2) is 9.97 Å². The normalized spacial score (nSPS) is 14.0. The second-order valence-electron chi connectivity index (χ2n) is 7.63. The molecule has 2 N–H and O–H groups in total. The first-order valence-electron chi connectivity index (χ1n) is 9.71. The molecule has 1 amide bonds. The maximum absolute atomic E-state index is 10.3. The molecule has 27 heavy (non-hydrogen) atoms. The van der Waals surface area contributed by atoms with E-state index in [1.165, 1.54) is 12.8 Å². The van der Waals surface area contributed by atoms with E-state index >= 15 is 0 Å². The molecule has 0 aromatic carbocycles. The van der Waals surface area contributed by atoms with Crippen LogP contribution in [0, 0.1) is 17.8 Å². The van der Waals surface area contributed by atoms with Crippen molar-refractivity contribution in [1.82, 2.24) is 15.3 Å². The molecule has 0 spiro atoms. The average Bonchev–Trinajstić information content (AvgIpc) is 2.64. The molecule has 7 nitrogen and oxygen atoms in total. The van der Waals surface area contributed by atoms with Crippen molar-refractivity contribution in [2.45, 2.75) is 47.5 Å². The van der Waals surface area contributed by atoms with Crippen molar-refractivity contribution in [2.75, 3.05) is 36.9 Å². The van der Waals surface area contributed by atoms with Crippen LogP contribution in [0.1, 0.15) is 47.5 Å². The quantitative estimate of drug-likeness (QED) is 0.739. The third-order valence-corrected chi connectivity index (χ3v) is 3.53. The van der Waals surface area contributed by atoms with E-state index in [-0.39, 0.29) is 5.92 Å². The summed E-state index contributed by atoms with van der Waals surface area (Å²) in [5.74, 6) is 2.53. The zero-order valence-corrected chi connectivity index (χ0v) is 17.7. The first kappa shape index (κ1) is 25.0. The number of carbonyl (C=O) groups excluding carboxylic acids is 2. The van der Waals surface area contributed by atoms with Crippen molar-refractivity contribution in [1.29, 1.82) is 0 Å². The van der Waals surface area contributed by atoms with Gasteiger partial charge in [0, 0.05) is 19.0 Å². The average molecular weight is 380 g/mol. The molecule has 0 unspecified atom stereocenters. The topological polar surface area (TPSA) is 87.2 Å². The molecule has 0 atom stereocenters. The van der Waals surface area contributed by atoms with Gasteiger partial charge in [-0.05, 0) is 38.3 Å². The van der Waals surface area contributed by atoms with Crippen molar-refractivity contribution in [3.05, 3.63) is 12.4 Å². The van der Waals surface area contributed by atoms with Crippen LogP contribution in [-0.2, 0) is 9.59 Å². The van der Waals surface area contributed by atoms with Gasteiger partial charge in [0.1, 0.15) is 6.29 Å². The Kier molecular flexibility index (Phi) is 14.0. The number of nitrogens with zero attached hydrogens (tertiary/aromatic N) is 3. The Morgan fingerprint density at radius 1 is 1.11 bits per heavy atom. The summed E-state index contributed by atoms with van der Waals surface area (Å²) in [4.78, 5) is 30.5. The van der Waals surface area contributed by atoms with Crippen LogP contribution in [0.5, 0.6) is 0 Å². The van der Waals surface area contributed by atoms with Crippen LogP contribution in [0.4, 0.5) is 11.6 Å². The molecule has 1 aliphatic heterocycles. The molecular weight excluding hydrogens is 342 g/mol. The molecule has 1 saturated heterocycles. The van der Waals surface area contributed by atoms with Crippen LogP contribution in [-0.4, -0.2) is 49.3 Å². The Labute approximate surface area is 164 Å². The molecular formula is C20H37N5O2. The van der Waals surface area contributed by atoms with Crippen LogP contribution in [0.25, 0.3) is 0 Å². The third kappa shape index (κ3) is 12.9. The molecule has 1 aromatic rings. The predicted octanol–water partition coefficient (Wildman–Crippen LogP) is 2.98. The number of aromatic nitrogens is 2. The highest BCUT2D eigenvalue weighted by atomic mass is 16.1. The van der Waals surface area contributed by atoms with Crippen molar-refractivity contribution in [3.8, 4) is 0 Å². The second kappa shape index (κ2) is 15.1.